The first-order valence-corrected chi connectivity index (χ1v) is 8.21. The lowest BCUT2D eigenvalue weighted by molar-refractivity contribution is 0.156. The second-order valence-corrected chi connectivity index (χ2v) is 5.98. The Morgan fingerprint density at radius 2 is 1.75 bits per heavy atom. The van der Waals surface area contributed by atoms with Gasteiger partial charge in [-0.2, -0.15) is 5.10 Å². The fourth-order valence-electron chi connectivity index (χ4n) is 2.50. The predicted molar refractivity (Wildman–Crippen MR) is 82.7 cm³/mol. The number of rotatable bonds is 11. The Morgan fingerprint density at radius 3 is 2.40 bits per heavy atom. The van der Waals surface area contributed by atoms with E-state index in [-0.39, 0.29) is 6.10 Å². The molecule has 0 aromatic carbocycles. The largest absolute Gasteiger partial charge is 0.393 e. The van der Waals surface area contributed by atoms with E-state index in [0.29, 0.717) is 12.5 Å². The van der Waals surface area contributed by atoms with Crippen LogP contribution in [0.25, 0.3) is 0 Å². The Hall–Kier alpha value is -0.900. The average molecular weight is 281 g/mol. The van der Waals surface area contributed by atoms with E-state index in [1.165, 1.54) is 38.5 Å². The minimum atomic E-state index is -0.285. The number of unbranched alkanes of at least 4 members (excludes halogenated alkanes) is 6. The minimum Gasteiger partial charge on any atom is -0.393 e. The molecule has 1 rings (SSSR count). The fraction of sp³-hybridized carbons (Fsp3) is 0.875. The van der Waals surface area contributed by atoms with E-state index in [1.54, 1.807) is 6.33 Å². The molecule has 1 aromatic rings. The van der Waals surface area contributed by atoms with Gasteiger partial charge in [0.25, 0.3) is 0 Å². The number of aromatic nitrogens is 3. The molecule has 116 valence electrons. The summed E-state index contributed by atoms with van der Waals surface area (Å²) < 4.78 is 1.90. The molecule has 0 saturated heterocycles. The molecule has 0 aliphatic heterocycles. The van der Waals surface area contributed by atoms with Crippen LogP contribution in [0.15, 0.2) is 6.33 Å². The topological polar surface area (TPSA) is 50.9 Å². The first-order chi connectivity index (χ1) is 9.65. The molecular formula is C16H31N3O. The van der Waals surface area contributed by atoms with Gasteiger partial charge < -0.3 is 5.11 Å². The van der Waals surface area contributed by atoms with Crippen molar-refractivity contribution >= 4 is 0 Å². The van der Waals surface area contributed by atoms with Crippen molar-refractivity contribution in [2.45, 2.75) is 90.7 Å². The SMILES string of the molecule is CCCCCCCCCC(O)Cc1ncnn1C(C)C. The summed E-state index contributed by atoms with van der Waals surface area (Å²) in [6, 6.07) is 0.304. The highest BCUT2D eigenvalue weighted by Crippen LogP contribution is 2.13. The zero-order valence-electron chi connectivity index (χ0n) is 13.4. The molecule has 0 amide bonds. The molecule has 1 N–H and O–H groups in total. The molecule has 4 nitrogen and oxygen atoms in total. The van der Waals surface area contributed by atoms with Crippen LogP contribution in [0, 0.1) is 0 Å². The van der Waals surface area contributed by atoms with Gasteiger partial charge >= 0.3 is 0 Å². The van der Waals surface area contributed by atoms with E-state index in [2.05, 4.69) is 30.9 Å². The summed E-state index contributed by atoms with van der Waals surface area (Å²) in [5.74, 6) is 0.899. The number of aliphatic hydroxyl groups excluding tert-OH is 1. The van der Waals surface area contributed by atoms with Crippen LogP contribution >= 0.6 is 0 Å². The van der Waals surface area contributed by atoms with Gasteiger partial charge in [-0.3, -0.25) is 0 Å². The molecule has 0 aliphatic rings. The summed E-state index contributed by atoms with van der Waals surface area (Å²) in [5.41, 5.74) is 0. The third kappa shape index (κ3) is 6.51. The number of hydrogen-bond acceptors (Lipinski definition) is 3. The van der Waals surface area contributed by atoms with Gasteiger partial charge in [-0.05, 0) is 20.3 Å². The number of hydrogen-bond donors (Lipinski definition) is 1. The summed E-state index contributed by atoms with van der Waals surface area (Å²) >= 11 is 0. The Morgan fingerprint density at radius 1 is 1.10 bits per heavy atom. The molecule has 0 radical (unpaired) electrons. The highest BCUT2D eigenvalue weighted by Gasteiger charge is 2.12. The second kappa shape index (κ2) is 9.92. The summed E-state index contributed by atoms with van der Waals surface area (Å²) in [6.45, 7) is 6.41. The van der Waals surface area contributed by atoms with Crippen LogP contribution < -0.4 is 0 Å². The minimum absolute atomic E-state index is 0.285. The van der Waals surface area contributed by atoms with E-state index in [1.807, 2.05) is 4.68 Å². The van der Waals surface area contributed by atoms with Crippen LogP contribution in [0.1, 0.15) is 84.0 Å². The monoisotopic (exact) mass is 281 g/mol. The van der Waals surface area contributed by atoms with Crippen molar-refractivity contribution in [3.8, 4) is 0 Å². The Bertz CT molecular complexity index is 349. The van der Waals surface area contributed by atoms with Crippen molar-refractivity contribution < 1.29 is 5.11 Å². The van der Waals surface area contributed by atoms with E-state index in [9.17, 15) is 5.11 Å². The van der Waals surface area contributed by atoms with Gasteiger partial charge in [-0.25, -0.2) is 9.67 Å². The standard InChI is InChI=1S/C16H31N3O/c1-4-5-6-7-8-9-10-11-15(20)12-16-17-13-18-19(16)14(2)3/h13-15,20H,4-12H2,1-3H3. The Kier molecular flexibility index (Phi) is 8.51. The van der Waals surface area contributed by atoms with Crippen molar-refractivity contribution in [1.29, 1.82) is 0 Å². The molecule has 0 aliphatic carbocycles. The maximum atomic E-state index is 10.1. The number of aliphatic hydroxyl groups is 1. The first-order valence-electron chi connectivity index (χ1n) is 8.21. The molecule has 0 fully saturated rings. The third-order valence-electron chi connectivity index (χ3n) is 3.70. The molecule has 1 atom stereocenters. The van der Waals surface area contributed by atoms with Gasteiger partial charge in [0.2, 0.25) is 0 Å². The van der Waals surface area contributed by atoms with Crippen LogP contribution in [0.3, 0.4) is 0 Å². The van der Waals surface area contributed by atoms with Gasteiger partial charge in [-0.1, -0.05) is 51.9 Å². The van der Waals surface area contributed by atoms with Crippen LogP contribution in [-0.2, 0) is 6.42 Å². The van der Waals surface area contributed by atoms with E-state index in [0.717, 1.165) is 18.7 Å². The summed E-state index contributed by atoms with van der Waals surface area (Å²) in [6.07, 6.45) is 11.8. The quantitative estimate of drug-likeness (QED) is 0.626. The molecule has 0 saturated carbocycles. The Labute approximate surface area is 123 Å². The lowest BCUT2D eigenvalue weighted by Gasteiger charge is -2.13. The summed E-state index contributed by atoms with van der Waals surface area (Å²) in [5, 5.41) is 14.3. The average Bonchev–Trinajstić information content (AvgIpc) is 2.86. The maximum absolute atomic E-state index is 10.1. The number of nitrogens with zero attached hydrogens (tertiary/aromatic N) is 3. The van der Waals surface area contributed by atoms with Crippen molar-refractivity contribution in [3.05, 3.63) is 12.2 Å². The summed E-state index contributed by atoms with van der Waals surface area (Å²) in [7, 11) is 0. The Balaban J connectivity index is 2.14. The van der Waals surface area contributed by atoms with Gasteiger partial charge in [0.05, 0.1) is 6.10 Å². The van der Waals surface area contributed by atoms with Crippen molar-refractivity contribution in [3.63, 3.8) is 0 Å². The smallest absolute Gasteiger partial charge is 0.138 e. The van der Waals surface area contributed by atoms with Crippen molar-refractivity contribution in [1.82, 2.24) is 14.8 Å². The maximum Gasteiger partial charge on any atom is 0.138 e. The van der Waals surface area contributed by atoms with Crippen LogP contribution in [0.4, 0.5) is 0 Å². The molecule has 0 spiro atoms. The predicted octanol–water partition coefficient (Wildman–Crippen LogP) is 3.90. The lowest BCUT2D eigenvalue weighted by atomic mass is 10.0. The van der Waals surface area contributed by atoms with Gasteiger partial charge in [0.15, 0.2) is 0 Å². The van der Waals surface area contributed by atoms with E-state index >= 15 is 0 Å². The van der Waals surface area contributed by atoms with Crippen molar-refractivity contribution in [2.24, 2.45) is 0 Å². The molecule has 1 heterocycles. The highest BCUT2D eigenvalue weighted by molar-refractivity contribution is 4.89. The van der Waals surface area contributed by atoms with Crippen LogP contribution in [-0.4, -0.2) is 26.0 Å². The molecule has 1 unspecified atom stereocenters. The van der Waals surface area contributed by atoms with Gasteiger partial charge in [-0.15, -0.1) is 0 Å². The highest BCUT2D eigenvalue weighted by atomic mass is 16.3. The molecule has 0 bridgehead atoms. The zero-order chi connectivity index (χ0) is 14.8. The second-order valence-electron chi connectivity index (χ2n) is 5.98. The zero-order valence-corrected chi connectivity index (χ0v) is 13.4. The van der Waals surface area contributed by atoms with E-state index in [4.69, 9.17) is 0 Å². The van der Waals surface area contributed by atoms with E-state index < -0.39 is 0 Å². The molecule has 20 heavy (non-hydrogen) atoms. The first kappa shape index (κ1) is 17.2. The molecular weight excluding hydrogens is 250 g/mol. The summed E-state index contributed by atoms with van der Waals surface area (Å²) in [4.78, 5) is 4.25. The molecule has 4 heteroatoms. The van der Waals surface area contributed by atoms with Crippen molar-refractivity contribution in [2.75, 3.05) is 0 Å². The molecule has 1 aromatic heterocycles. The van der Waals surface area contributed by atoms with Gasteiger partial charge in [0.1, 0.15) is 12.2 Å². The van der Waals surface area contributed by atoms with Gasteiger partial charge in [0, 0.05) is 12.5 Å². The normalized spacial score (nSPS) is 13.1. The van der Waals surface area contributed by atoms with Crippen LogP contribution in [0.2, 0.25) is 0 Å². The third-order valence-corrected chi connectivity index (χ3v) is 3.70. The fourth-order valence-corrected chi connectivity index (χ4v) is 2.50. The lowest BCUT2D eigenvalue weighted by Crippen LogP contribution is -2.16. The van der Waals surface area contributed by atoms with Crippen LogP contribution in [0.5, 0.6) is 0 Å².